The summed E-state index contributed by atoms with van der Waals surface area (Å²) >= 11 is 0. The van der Waals surface area contributed by atoms with E-state index in [9.17, 15) is 9.59 Å². The average molecular weight is 272 g/mol. The third-order valence-electron chi connectivity index (χ3n) is 3.39. The Hall–Kier alpha value is -1.34. The molecule has 2 rings (SSSR count). The maximum Gasteiger partial charge on any atom is 0.314 e. The fourth-order valence-electron chi connectivity index (χ4n) is 2.45. The first-order valence-corrected chi connectivity index (χ1v) is 6.65. The van der Waals surface area contributed by atoms with Crippen molar-refractivity contribution in [2.75, 3.05) is 19.7 Å². The summed E-state index contributed by atoms with van der Waals surface area (Å²) in [5, 5.41) is 13.6. The van der Waals surface area contributed by atoms with Crippen molar-refractivity contribution >= 4 is 12.0 Å². The molecule has 2 fully saturated rings. The van der Waals surface area contributed by atoms with Crippen LogP contribution in [0, 0.1) is 0 Å². The van der Waals surface area contributed by atoms with E-state index in [1.165, 1.54) is 0 Å². The molecule has 7 heteroatoms. The standard InChI is InChI=1S/C12H20N2O5/c15-10(16)3-6-13-11(17)14-7-9-8-18-12(19-9)4-1-2-5-12/h9H,1-8H2,(H,15,16)(H2,13,14,17). The first-order chi connectivity index (χ1) is 9.10. The minimum atomic E-state index is -0.934. The lowest BCUT2D eigenvalue weighted by atomic mass is 10.2. The lowest BCUT2D eigenvalue weighted by molar-refractivity contribution is -0.161. The molecule has 1 saturated carbocycles. The number of nitrogens with one attached hydrogen (secondary N) is 2. The average Bonchev–Trinajstić information content (AvgIpc) is 2.97. The predicted octanol–water partition coefficient (Wildman–Crippen LogP) is 0.446. The SMILES string of the molecule is O=C(O)CCNC(=O)NCC1COC2(CCCC2)O1. The van der Waals surface area contributed by atoms with Crippen molar-refractivity contribution in [3.8, 4) is 0 Å². The number of rotatable bonds is 5. The van der Waals surface area contributed by atoms with Crippen molar-refractivity contribution in [3.05, 3.63) is 0 Å². The molecule has 1 unspecified atom stereocenters. The largest absolute Gasteiger partial charge is 0.481 e. The molecule has 1 heterocycles. The van der Waals surface area contributed by atoms with Crippen molar-refractivity contribution in [3.63, 3.8) is 0 Å². The third-order valence-corrected chi connectivity index (χ3v) is 3.39. The van der Waals surface area contributed by atoms with Gasteiger partial charge >= 0.3 is 12.0 Å². The Balaban J connectivity index is 1.61. The van der Waals surface area contributed by atoms with E-state index in [0.29, 0.717) is 13.2 Å². The Bertz CT molecular complexity index is 341. The molecule has 2 aliphatic rings. The van der Waals surface area contributed by atoms with Gasteiger partial charge in [-0.1, -0.05) is 0 Å². The van der Waals surface area contributed by atoms with Crippen molar-refractivity contribution < 1.29 is 24.2 Å². The number of carboxylic acid groups (broad SMARTS) is 1. The number of carbonyl (C=O) groups excluding carboxylic acids is 1. The molecule has 1 saturated heterocycles. The molecule has 0 aromatic carbocycles. The van der Waals surface area contributed by atoms with E-state index in [0.717, 1.165) is 25.7 Å². The molecular weight excluding hydrogens is 252 g/mol. The quantitative estimate of drug-likeness (QED) is 0.675. The van der Waals surface area contributed by atoms with Crippen LogP contribution in [0.3, 0.4) is 0 Å². The zero-order valence-corrected chi connectivity index (χ0v) is 10.8. The molecule has 2 amide bonds. The normalized spacial score (nSPS) is 24.5. The zero-order valence-electron chi connectivity index (χ0n) is 10.8. The van der Waals surface area contributed by atoms with E-state index in [4.69, 9.17) is 14.6 Å². The summed E-state index contributed by atoms with van der Waals surface area (Å²) < 4.78 is 11.5. The number of aliphatic carboxylic acids is 1. The predicted molar refractivity (Wildman–Crippen MR) is 65.7 cm³/mol. The van der Waals surface area contributed by atoms with Crippen LogP contribution >= 0.6 is 0 Å². The van der Waals surface area contributed by atoms with Crippen LogP contribution in [0.4, 0.5) is 4.79 Å². The second-order valence-corrected chi connectivity index (χ2v) is 4.95. The zero-order chi connectivity index (χ0) is 13.7. The van der Waals surface area contributed by atoms with Gasteiger partial charge in [0.15, 0.2) is 5.79 Å². The summed E-state index contributed by atoms with van der Waals surface area (Å²) in [6, 6.07) is -0.378. The van der Waals surface area contributed by atoms with Gasteiger partial charge in [0.25, 0.3) is 0 Å². The molecule has 0 aromatic heterocycles. The van der Waals surface area contributed by atoms with Gasteiger partial charge in [0.1, 0.15) is 6.10 Å². The van der Waals surface area contributed by atoms with Gasteiger partial charge in [0.05, 0.1) is 13.0 Å². The molecule has 1 aliphatic carbocycles. The number of carbonyl (C=O) groups is 2. The summed E-state index contributed by atoms with van der Waals surface area (Å²) in [5.74, 6) is -1.34. The molecule has 7 nitrogen and oxygen atoms in total. The highest BCUT2D eigenvalue weighted by Gasteiger charge is 2.43. The molecule has 3 N–H and O–H groups in total. The van der Waals surface area contributed by atoms with Crippen LogP contribution in [0.5, 0.6) is 0 Å². The highest BCUT2D eigenvalue weighted by atomic mass is 16.7. The highest BCUT2D eigenvalue weighted by Crippen LogP contribution is 2.38. The minimum absolute atomic E-state index is 0.0838. The van der Waals surface area contributed by atoms with Crippen LogP contribution in [0.1, 0.15) is 32.1 Å². The first-order valence-electron chi connectivity index (χ1n) is 6.65. The summed E-state index contributed by atoms with van der Waals surface area (Å²) in [5.41, 5.74) is 0. The van der Waals surface area contributed by atoms with E-state index in [-0.39, 0.29) is 25.1 Å². The van der Waals surface area contributed by atoms with Gasteiger partial charge in [-0.3, -0.25) is 4.79 Å². The van der Waals surface area contributed by atoms with Gasteiger partial charge in [-0.25, -0.2) is 4.79 Å². The smallest absolute Gasteiger partial charge is 0.314 e. The number of ether oxygens (including phenoxy) is 2. The van der Waals surface area contributed by atoms with E-state index in [1.807, 2.05) is 0 Å². The van der Waals surface area contributed by atoms with Crippen LogP contribution < -0.4 is 10.6 Å². The molecular formula is C12H20N2O5. The van der Waals surface area contributed by atoms with Crippen molar-refractivity contribution in [1.29, 1.82) is 0 Å². The van der Waals surface area contributed by atoms with Gasteiger partial charge in [-0.15, -0.1) is 0 Å². The maximum absolute atomic E-state index is 11.4. The van der Waals surface area contributed by atoms with E-state index in [2.05, 4.69) is 10.6 Å². The molecule has 1 aliphatic heterocycles. The summed E-state index contributed by atoms with van der Waals surface area (Å²) in [7, 11) is 0. The number of amides is 2. The maximum atomic E-state index is 11.4. The molecule has 1 spiro atoms. The fraction of sp³-hybridized carbons (Fsp3) is 0.833. The molecule has 1 atom stereocenters. The van der Waals surface area contributed by atoms with Crippen molar-refractivity contribution in [2.24, 2.45) is 0 Å². The van der Waals surface area contributed by atoms with Gasteiger partial charge < -0.3 is 25.2 Å². The number of hydrogen-bond acceptors (Lipinski definition) is 4. The Morgan fingerprint density at radius 2 is 2.00 bits per heavy atom. The van der Waals surface area contributed by atoms with Gasteiger partial charge in [0, 0.05) is 25.9 Å². The van der Waals surface area contributed by atoms with Crippen LogP contribution in [0.15, 0.2) is 0 Å². The molecule has 108 valence electrons. The van der Waals surface area contributed by atoms with Gasteiger partial charge in [-0.2, -0.15) is 0 Å². The summed E-state index contributed by atoms with van der Waals surface area (Å²) in [6.07, 6.45) is 3.89. The van der Waals surface area contributed by atoms with Crippen molar-refractivity contribution in [1.82, 2.24) is 10.6 Å². The van der Waals surface area contributed by atoms with E-state index in [1.54, 1.807) is 0 Å². The van der Waals surface area contributed by atoms with Crippen LogP contribution in [-0.4, -0.2) is 48.7 Å². The Morgan fingerprint density at radius 3 is 2.68 bits per heavy atom. The van der Waals surface area contributed by atoms with E-state index < -0.39 is 11.8 Å². The van der Waals surface area contributed by atoms with Gasteiger partial charge in [-0.05, 0) is 12.8 Å². The minimum Gasteiger partial charge on any atom is -0.481 e. The monoisotopic (exact) mass is 272 g/mol. The number of carboxylic acids is 1. The van der Waals surface area contributed by atoms with Crippen LogP contribution in [-0.2, 0) is 14.3 Å². The highest BCUT2D eigenvalue weighted by molar-refractivity contribution is 5.74. The fourth-order valence-corrected chi connectivity index (χ4v) is 2.45. The van der Waals surface area contributed by atoms with Gasteiger partial charge in [0.2, 0.25) is 0 Å². The lowest BCUT2D eigenvalue weighted by Gasteiger charge is -2.21. The third kappa shape index (κ3) is 4.07. The second-order valence-electron chi connectivity index (χ2n) is 4.95. The Kier molecular flexibility index (Phi) is 4.60. The summed E-state index contributed by atoms with van der Waals surface area (Å²) in [6.45, 7) is 0.989. The molecule has 0 aromatic rings. The lowest BCUT2D eigenvalue weighted by Crippen LogP contribution is -2.41. The molecule has 0 bridgehead atoms. The van der Waals surface area contributed by atoms with E-state index >= 15 is 0 Å². The second kappa shape index (κ2) is 6.21. The molecule has 19 heavy (non-hydrogen) atoms. The summed E-state index contributed by atoms with van der Waals surface area (Å²) in [4.78, 5) is 21.7. The van der Waals surface area contributed by atoms with Crippen molar-refractivity contribution in [2.45, 2.75) is 44.0 Å². The first kappa shape index (κ1) is 14.1. The van der Waals surface area contributed by atoms with Crippen LogP contribution in [0.25, 0.3) is 0 Å². The molecule has 0 radical (unpaired) electrons. The van der Waals surface area contributed by atoms with Crippen LogP contribution in [0.2, 0.25) is 0 Å². The Labute approximate surface area is 111 Å². The number of urea groups is 1. The Morgan fingerprint density at radius 1 is 1.26 bits per heavy atom. The topological polar surface area (TPSA) is 96.9 Å². The number of hydrogen-bond donors (Lipinski definition) is 3.